The molecular weight excluding hydrogens is 506 g/mol. The fourth-order valence-electron chi connectivity index (χ4n) is 7.15. The van der Waals surface area contributed by atoms with Gasteiger partial charge in [0, 0.05) is 38.0 Å². The number of carbonyl (C=O) groups is 3. The summed E-state index contributed by atoms with van der Waals surface area (Å²) in [7, 11) is 0. The molecule has 2 unspecified atom stereocenters. The second-order valence-corrected chi connectivity index (χ2v) is 11.8. The molecule has 1 aromatic carbocycles. The lowest BCUT2D eigenvalue weighted by atomic mass is 9.66. The van der Waals surface area contributed by atoms with Crippen LogP contribution in [0.3, 0.4) is 0 Å². The molecule has 4 rings (SSSR count). The van der Waals surface area contributed by atoms with Crippen molar-refractivity contribution in [1.82, 2.24) is 9.80 Å². The Morgan fingerprint density at radius 3 is 2.38 bits per heavy atom. The zero-order chi connectivity index (χ0) is 29.1. The summed E-state index contributed by atoms with van der Waals surface area (Å²) in [5.74, 6) is -1.94. The third-order valence-electron chi connectivity index (χ3n) is 8.96. The number of ether oxygens (including phenoxy) is 1. The van der Waals surface area contributed by atoms with Crippen LogP contribution in [0.4, 0.5) is 5.69 Å². The van der Waals surface area contributed by atoms with Gasteiger partial charge in [0.2, 0.25) is 17.7 Å². The Labute approximate surface area is 238 Å². The van der Waals surface area contributed by atoms with Crippen molar-refractivity contribution in [2.45, 2.75) is 82.6 Å². The van der Waals surface area contributed by atoms with Gasteiger partial charge in [-0.05, 0) is 58.6 Å². The summed E-state index contributed by atoms with van der Waals surface area (Å²) >= 11 is 0. The summed E-state index contributed by atoms with van der Waals surface area (Å²) < 4.78 is 6.81. The quantitative estimate of drug-likeness (QED) is 0.279. The van der Waals surface area contributed by atoms with Crippen molar-refractivity contribution in [1.29, 1.82) is 0 Å². The van der Waals surface area contributed by atoms with Crippen LogP contribution in [0, 0.1) is 11.8 Å². The normalized spacial score (nSPS) is 28.6. The number of hydrogen-bond donors (Lipinski definition) is 1. The van der Waals surface area contributed by atoms with Gasteiger partial charge in [-0.15, -0.1) is 13.2 Å². The molecule has 0 aromatic heterocycles. The minimum atomic E-state index is -1.06. The second-order valence-electron chi connectivity index (χ2n) is 11.8. The van der Waals surface area contributed by atoms with E-state index in [1.807, 2.05) is 51.1 Å². The van der Waals surface area contributed by atoms with E-state index in [1.165, 1.54) is 0 Å². The summed E-state index contributed by atoms with van der Waals surface area (Å²) in [5, 5.41) is 9.17. The van der Waals surface area contributed by atoms with E-state index in [0.717, 1.165) is 18.5 Å². The maximum Gasteiger partial charge on any atom is 0.248 e. The standard InChI is InChI=1S/C32H45N3O5/c1-6-19-33(23(3)4)30(39)27-32-18-17-31(5,40-32)25(26(32)29(38)35(27)21-13-8-9-14-22-36)28(37)34(20-7-2)24-15-11-10-12-16-24/h6-7,10-12,15-16,23,25-27,36H,1-2,8-9,13-14,17-22H2,3-5H3/t25-,26-,27?,31+,32?/m0/s1. The molecule has 2 bridgehead atoms. The number of hydrogen-bond acceptors (Lipinski definition) is 5. The highest BCUT2D eigenvalue weighted by Gasteiger charge is 2.78. The number of unbranched alkanes of at least 4 members (excludes halogenated alkanes) is 3. The minimum Gasteiger partial charge on any atom is -0.396 e. The number of nitrogens with zero attached hydrogens (tertiary/aromatic N) is 3. The molecule has 0 saturated carbocycles. The average Bonchev–Trinajstić information content (AvgIpc) is 3.50. The van der Waals surface area contributed by atoms with Crippen LogP contribution in [-0.4, -0.2) is 82.2 Å². The predicted molar refractivity (Wildman–Crippen MR) is 156 cm³/mol. The van der Waals surface area contributed by atoms with Gasteiger partial charge in [-0.2, -0.15) is 0 Å². The molecule has 3 aliphatic heterocycles. The minimum absolute atomic E-state index is 0.0877. The number of amides is 3. The largest absolute Gasteiger partial charge is 0.396 e. The van der Waals surface area contributed by atoms with Crippen molar-refractivity contribution in [3.8, 4) is 0 Å². The number of para-hydroxylation sites is 1. The van der Waals surface area contributed by atoms with Crippen LogP contribution < -0.4 is 4.90 Å². The van der Waals surface area contributed by atoms with E-state index in [4.69, 9.17) is 9.84 Å². The fraction of sp³-hybridized carbons (Fsp3) is 0.594. The SMILES string of the molecule is C=CCN(C(=O)[C@@H]1[C@H]2C(=O)N(CCCCCCO)C(C(=O)N(CC=C)C(C)C)C23CC[C@@]1(C)O3)c1ccccc1. The van der Waals surface area contributed by atoms with Gasteiger partial charge in [0.1, 0.15) is 11.6 Å². The Balaban J connectivity index is 1.74. The summed E-state index contributed by atoms with van der Waals surface area (Å²) in [6.45, 7) is 14.8. The van der Waals surface area contributed by atoms with Crippen molar-refractivity contribution in [3.63, 3.8) is 0 Å². The molecule has 1 N–H and O–H groups in total. The first-order chi connectivity index (χ1) is 19.2. The Bertz CT molecular complexity index is 1110. The number of rotatable bonds is 14. The molecule has 3 amide bonds. The van der Waals surface area contributed by atoms with Gasteiger partial charge in [-0.3, -0.25) is 14.4 Å². The van der Waals surface area contributed by atoms with Crippen LogP contribution in [0.15, 0.2) is 55.6 Å². The van der Waals surface area contributed by atoms with E-state index in [1.54, 1.807) is 26.9 Å². The lowest BCUT2D eigenvalue weighted by Gasteiger charge is -2.38. The van der Waals surface area contributed by atoms with E-state index in [0.29, 0.717) is 45.3 Å². The van der Waals surface area contributed by atoms with E-state index in [2.05, 4.69) is 13.2 Å². The van der Waals surface area contributed by atoms with E-state index < -0.39 is 29.1 Å². The monoisotopic (exact) mass is 551 g/mol. The third-order valence-corrected chi connectivity index (χ3v) is 8.96. The Hall–Kier alpha value is -2.97. The van der Waals surface area contributed by atoms with Crippen LogP contribution in [0.5, 0.6) is 0 Å². The van der Waals surface area contributed by atoms with Crippen molar-refractivity contribution >= 4 is 23.4 Å². The van der Waals surface area contributed by atoms with Crippen LogP contribution >= 0.6 is 0 Å². The second kappa shape index (κ2) is 12.3. The van der Waals surface area contributed by atoms with Crippen LogP contribution in [0.25, 0.3) is 0 Å². The molecule has 3 fully saturated rings. The molecule has 8 heteroatoms. The lowest BCUT2D eigenvalue weighted by molar-refractivity contribution is -0.152. The van der Waals surface area contributed by atoms with Crippen molar-refractivity contribution < 1.29 is 24.2 Å². The summed E-state index contributed by atoms with van der Waals surface area (Å²) in [5.41, 5.74) is -1.17. The zero-order valence-electron chi connectivity index (χ0n) is 24.3. The molecule has 8 nitrogen and oxygen atoms in total. The maximum atomic E-state index is 14.4. The molecule has 0 radical (unpaired) electrons. The molecule has 5 atom stereocenters. The molecular formula is C32H45N3O5. The highest BCUT2D eigenvalue weighted by molar-refractivity contribution is 6.03. The smallest absolute Gasteiger partial charge is 0.248 e. The highest BCUT2D eigenvalue weighted by atomic mass is 16.5. The molecule has 3 saturated heterocycles. The Kier molecular flexibility index (Phi) is 9.20. The highest BCUT2D eigenvalue weighted by Crippen LogP contribution is 2.63. The average molecular weight is 552 g/mol. The first-order valence-electron chi connectivity index (χ1n) is 14.7. The fourth-order valence-corrected chi connectivity index (χ4v) is 7.15. The van der Waals surface area contributed by atoms with Gasteiger partial charge in [-0.25, -0.2) is 0 Å². The van der Waals surface area contributed by atoms with E-state index in [9.17, 15) is 14.4 Å². The van der Waals surface area contributed by atoms with Crippen LogP contribution in [0.2, 0.25) is 0 Å². The number of anilines is 1. The van der Waals surface area contributed by atoms with Gasteiger partial charge >= 0.3 is 0 Å². The third kappa shape index (κ3) is 5.12. The van der Waals surface area contributed by atoms with Gasteiger partial charge < -0.3 is 24.5 Å². The van der Waals surface area contributed by atoms with Crippen molar-refractivity contribution in [2.75, 3.05) is 31.1 Å². The first-order valence-corrected chi connectivity index (χ1v) is 14.7. The maximum absolute atomic E-state index is 14.4. The summed E-state index contributed by atoms with van der Waals surface area (Å²) in [6, 6.07) is 8.54. The number of benzene rings is 1. The van der Waals surface area contributed by atoms with Crippen LogP contribution in [-0.2, 0) is 19.1 Å². The number of likely N-dealkylation sites (tertiary alicyclic amines) is 1. The van der Waals surface area contributed by atoms with Crippen molar-refractivity contribution in [2.24, 2.45) is 11.8 Å². The molecule has 1 aromatic rings. The summed E-state index contributed by atoms with van der Waals surface area (Å²) in [4.78, 5) is 48.2. The Morgan fingerprint density at radius 2 is 1.75 bits per heavy atom. The Morgan fingerprint density at radius 1 is 1.07 bits per heavy atom. The number of carbonyl (C=O) groups excluding carboxylic acids is 3. The van der Waals surface area contributed by atoms with Crippen molar-refractivity contribution in [3.05, 3.63) is 55.6 Å². The van der Waals surface area contributed by atoms with Gasteiger partial charge in [0.05, 0.1) is 17.4 Å². The summed E-state index contributed by atoms with van der Waals surface area (Å²) in [6.07, 6.45) is 7.65. The van der Waals surface area contributed by atoms with Gasteiger partial charge in [0.25, 0.3) is 0 Å². The van der Waals surface area contributed by atoms with E-state index in [-0.39, 0.29) is 30.4 Å². The first kappa shape index (κ1) is 30.0. The molecule has 3 aliphatic rings. The zero-order valence-corrected chi connectivity index (χ0v) is 24.3. The number of aliphatic hydroxyl groups excluding tert-OH is 1. The molecule has 3 heterocycles. The van der Waals surface area contributed by atoms with Gasteiger partial charge in [0.15, 0.2) is 0 Å². The molecule has 40 heavy (non-hydrogen) atoms. The van der Waals surface area contributed by atoms with E-state index >= 15 is 0 Å². The number of fused-ring (bicyclic) bond motifs is 1. The predicted octanol–water partition coefficient (Wildman–Crippen LogP) is 3.95. The number of aliphatic hydroxyl groups is 1. The van der Waals surface area contributed by atoms with Gasteiger partial charge in [-0.1, -0.05) is 43.2 Å². The topological polar surface area (TPSA) is 90.4 Å². The van der Waals surface area contributed by atoms with Crippen LogP contribution in [0.1, 0.15) is 59.3 Å². The molecule has 0 aliphatic carbocycles. The lowest BCUT2D eigenvalue weighted by Crippen LogP contribution is -2.57. The molecule has 1 spiro atoms. The molecule has 218 valence electrons.